The van der Waals surface area contributed by atoms with Crippen LogP contribution in [0.4, 0.5) is 5.69 Å². The van der Waals surface area contributed by atoms with Crippen molar-refractivity contribution in [2.24, 2.45) is 0 Å². The van der Waals surface area contributed by atoms with E-state index < -0.39 is 0 Å². The number of hydrogen-bond donors (Lipinski definition) is 0. The lowest BCUT2D eigenvalue weighted by Crippen LogP contribution is -1.98. The minimum atomic E-state index is 0.557. The Kier molecular flexibility index (Phi) is 6.56. The SMILES string of the molecule is [C-]#[N+]c1ccc2c3ccccc3n(-c3ccccc3-c3cccc(-c4ccc(-n5c6ccccc6c6cc(C#N)ccc65)c(C#N)c4)c3)c2c1. The normalized spacial score (nSPS) is 11.1. The summed E-state index contributed by atoms with van der Waals surface area (Å²) in [6.07, 6.45) is 0. The van der Waals surface area contributed by atoms with Gasteiger partial charge < -0.3 is 9.13 Å². The van der Waals surface area contributed by atoms with Crippen LogP contribution in [0, 0.1) is 29.2 Å². The fraction of sp³-hybridized carbons (Fsp3) is 0. The fourth-order valence-electron chi connectivity index (χ4n) is 7.37. The lowest BCUT2D eigenvalue weighted by atomic mass is 9.96. The van der Waals surface area contributed by atoms with Gasteiger partial charge >= 0.3 is 0 Å². The first kappa shape index (κ1) is 28.8. The Hall–Kier alpha value is -7.39. The number of rotatable bonds is 4. The molecule has 0 fully saturated rings. The van der Waals surface area contributed by atoms with Crippen LogP contribution in [0.25, 0.3) is 82.1 Å². The van der Waals surface area contributed by atoms with Gasteiger partial charge in [0.05, 0.1) is 51.7 Å². The zero-order chi connectivity index (χ0) is 33.8. The maximum absolute atomic E-state index is 10.5. The van der Waals surface area contributed by atoms with Crippen molar-refractivity contribution in [1.29, 1.82) is 10.5 Å². The minimum Gasteiger partial charge on any atom is -0.310 e. The van der Waals surface area contributed by atoms with E-state index in [1.165, 1.54) is 0 Å². The molecule has 7 aromatic carbocycles. The van der Waals surface area contributed by atoms with E-state index in [0.29, 0.717) is 16.8 Å². The molecule has 0 spiro atoms. The molecule has 0 N–H and O–H groups in total. The highest BCUT2D eigenvalue weighted by Crippen LogP contribution is 2.39. The Morgan fingerprint density at radius 2 is 1.12 bits per heavy atom. The van der Waals surface area contributed by atoms with Gasteiger partial charge in [-0.15, -0.1) is 0 Å². The van der Waals surface area contributed by atoms with Crippen molar-refractivity contribution >= 4 is 49.3 Å². The number of fused-ring (bicyclic) bond motifs is 6. The van der Waals surface area contributed by atoms with Crippen LogP contribution >= 0.6 is 0 Å². The van der Waals surface area contributed by atoms with Crippen LogP contribution in [0.1, 0.15) is 11.1 Å². The second-order valence-corrected chi connectivity index (χ2v) is 12.3. The molecule has 0 atom stereocenters. The third-order valence-electron chi connectivity index (χ3n) is 9.60. The van der Waals surface area contributed by atoms with Gasteiger partial charge in [0, 0.05) is 32.6 Å². The molecule has 0 aliphatic heterocycles. The summed E-state index contributed by atoms with van der Waals surface area (Å²) in [7, 11) is 0. The zero-order valence-electron chi connectivity index (χ0n) is 26.7. The maximum atomic E-state index is 10.5. The van der Waals surface area contributed by atoms with Gasteiger partial charge in [-0.2, -0.15) is 10.5 Å². The first-order chi connectivity index (χ1) is 24.7. The highest BCUT2D eigenvalue weighted by molar-refractivity contribution is 6.11. The summed E-state index contributed by atoms with van der Waals surface area (Å²) >= 11 is 0. The lowest BCUT2D eigenvalue weighted by Gasteiger charge is -2.15. The van der Waals surface area contributed by atoms with Gasteiger partial charge in [-0.1, -0.05) is 91.0 Å². The Balaban J connectivity index is 1.19. The molecule has 9 rings (SSSR count). The zero-order valence-corrected chi connectivity index (χ0v) is 26.7. The van der Waals surface area contributed by atoms with Crippen LogP contribution in [-0.2, 0) is 0 Å². The van der Waals surface area contributed by atoms with Crippen LogP contribution in [0.2, 0.25) is 0 Å². The third kappa shape index (κ3) is 4.38. The largest absolute Gasteiger partial charge is 0.310 e. The maximum Gasteiger partial charge on any atom is 0.189 e. The molecule has 0 unspecified atom stereocenters. The Labute approximate surface area is 288 Å². The number of aromatic nitrogens is 2. The van der Waals surface area contributed by atoms with E-state index in [9.17, 15) is 10.5 Å². The molecule has 230 valence electrons. The van der Waals surface area contributed by atoms with Gasteiger partial charge in [-0.25, -0.2) is 4.85 Å². The van der Waals surface area contributed by atoms with Crippen molar-refractivity contribution < 1.29 is 0 Å². The predicted molar refractivity (Wildman–Crippen MR) is 202 cm³/mol. The molecular weight excluding hydrogens is 611 g/mol. The monoisotopic (exact) mass is 635 g/mol. The number of nitriles is 2. The van der Waals surface area contributed by atoms with Crippen LogP contribution < -0.4 is 0 Å². The van der Waals surface area contributed by atoms with Crippen molar-refractivity contribution in [2.75, 3.05) is 0 Å². The van der Waals surface area contributed by atoms with Crippen LogP contribution in [0.3, 0.4) is 0 Å². The first-order valence-electron chi connectivity index (χ1n) is 16.3. The molecule has 2 heterocycles. The smallest absolute Gasteiger partial charge is 0.189 e. The summed E-state index contributed by atoms with van der Waals surface area (Å²) in [4.78, 5) is 3.73. The number of hydrogen-bond acceptors (Lipinski definition) is 2. The molecule has 0 bridgehead atoms. The van der Waals surface area contributed by atoms with Gasteiger partial charge in [0.15, 0.2) is 5.69 Å². The van der Waals surface area contributed by atoms with Crippen molar-refractivity contribution in [3.63, 3.8) is 0 Å². The molecule has 50 heavy (non-hydrogen) atoms. The standard InChI is InChI=1S/C45H25N5/c1-48-34-19-20-38-36-12-3-6-15-42(36)50(45(38)26-34)41-14-5-2-11-35(41)32-10-8-9-30(24-32)31-18-22-40(33(25-31)28-47)49-43-16-7-4-13-37(43)39-23-29(27-46)17-21-44(39)49/h2-26H. The summed E-state index contributed by atoms with van der Waals surface area (Å²) in [6.45, 7) is 7.66. The molecule has 0 aliphatic carbocycles. The molecule has 0 saturated carbocycles. The quantitative estimate of drug-likeness (QED) is 0.181. The predicted octanol–water partition coefficient (Wildman–Crippen LogP) is 11.5. The van der Waals surface area contributed by atoms with E-state index in [0.717, 1.165) is 77.2 Å². The van der Waals surface area contributed by atoms with E-state index >= 15 is 0 Å². The van der Waals surface area contributed by atoms with Crippen LogP contribution in [0.15, 0.2) is 152 Å². The lowest BCUT2D eigenvalue weighted by molar-refractivity contribution is 1.17. The molecule has 9 aromatic rings. The molecule has 0 aliphatic rings. The molecule has 2 aromatic heterocycles. The average Bonchev–Trinajstić information content (AvgIpc) is 3.69. The second-order valence-electron chi connectivity index (χ2n) is 12.3. The van der Waals surface area contributed by atoms with E-state index in [2.05, 4.69) is 117 Å². The Morgan fingerprint density at radius 3 is 1.90 bits per heavy atom. The highest BCUT2D eigenvalue weighted by atomic mass is 15.0. The third-order valence-corrected chi connectivity index (χ3v) is 9.60. The van der Waals surface area contributed by atoms with E-state index in [1.54, 1.807) is 0 Å². The highest BCUT2D eigenvalue weighted by Gasteiger charge is 2.18. The van der Waals surface area contributed by atoms with Crippen LogP contribution in [-0.4, -0.2) is 9.13 Å². The van der Waals surface area contributed by atoms with Gasteiger partial charge in [-0.3, -0.25) is 0 Å². The average molecular weight is 636 g/mol. The minimum absolute atomic E-state index is 0.557. The Morgan fingerprint density at radius 1 is 0.460 bits per heavy atom. The van der Waals surface area contributed by atoms with E-state index in [-0.39, 0.29) is 0 Å². The van der Waals surface area contributed by atoms with Gasteiger partial charge in [0.1, 0.15) is 6.07 Å². The number of para-hydroxylation sites is 3. The van der Waals surface area contributed by atoms with Crippen molar-refractivity contribution in [3.05, 3.63) is 174 Å². The van der Waals surface area contributed by atoms with Gasteiger partial charge in [-0.05, 0) is 77.4 Å². The fourth-order valence-corrected chi connectivity index (χ4v) is 7.37. The number of nitrogens with zero attached hydrogens (tertiary/aromatic N) is 5. The summed E-state index contributed by atoms with van der Waals surface area (Å²) in [5.74, 6) is 0. The summed E-state index contributed by atoms with van der Waals surface area (Å²) < 4.78 is 4.38. The molecule has 5 nitrogen and oxygen atoms in total. The summed E-state index contributed by atoms with van der Waals surface area (Å²) in [6, 6.07) is 55.7. The molecule has 5 heteroatoms. The van der Waals surface area contributed by atoms with E-state index in [1.807, 2.05) is 60.7 Å². The first-order valence-corrected chi connectivity index (χ1v) is 16.3. The van der Waals surface area contributed by atoms with Gasteiger partial charge in [0.2, 0.25) is 0 Å². The van der Waals surface area contributed by atoms with Crippen molar-refractivity contribution in [3.8, 4) is 45.8 Å². The molecule has 0 saturated heterocycles. The number of benzene rings is 7. The summed E-state index contributed by atoms with van der Waals surface area (Å²) in [5, 5.41) is 24.3. The topological polar surface area (TPSA) is 61.8 Å². The van der Waals surface area contributed by atoms with Crippen molar-refractivity contribution in [2.45, 2.75) is 0 Å². The molecular formula is C45H25N5. The summed E-state index contributed by atoms with van der Waals surface area (Å²) in [5.41, 5.74) is 11.6. The second kappa shape index (κ2) is 11.4. The van der Waals surface area contributed by atoms with Crippen molar-refractivity contribution in [1.82, 2.24) is 9.13 Å². The van der Waals surface area contributed by atoms with E-state index in [4.69, 9.17) is 6.57 Å². The van der Waals surface area contributed by atoms with Crippen LogP contribution in [0.5, 0.6) is 0 Å². The van der Waals surface area contributed by atoms with Gasteiger partial charge in [0.25, 0.3) is 0 Å². The Bertz CT molecular complexity index is 2970. The molecule has 0 radical (unpaired) electrons. The molecule has 0 amide bonds.